The molecule has 0 bridgehead atoms. The van der Waals surface area contributed by atoms with Crippen LogP contribution < -0.4 is 0 Å². The third kappa shape index (κ3) is 2.53. The highest BCUT2D eigenvalue weighted by atomic mass is 35.5. The highest BCUT2D eigenvalue weighted by molar-refractivity contribution is 7.98. The van der Waals surface area contributed by atoms with Crippen LogP contribution in [0.2, 0.25) is 10.0 Å². The van der Waals surface area contributed by atoms with E-state index in [4.69, 9.17) is 23.2 Å². The molecular formula is C15H12Cl2N2S. The van der Waals surface area contributed by atoms with Crippen LogP contribution in [0.3, 0.4) is 0 Å². The predicted molar refractivity (Wildman–Crippen MR) is 87.1 cm³/mol. The van der Waals surface area contributed by atoms with Crippen LogP contribution in [-0.4, -0.2) is 15.8 Å². The molecule has 3 aromatic rings. The molecule has 2 nitrogen and oxygen atoms in total. The van der Waals surface area contributed by atoms with Gasteiger partial charge in [0.1, 0.15) is 0 Å². The van der Waals surface area contributed by atoms with E-state index in [0.29, 0.717) is 16.6 Å². The first kappa shape index (κ1) is 13.8. The van der Waals surface area contributed by atoms with Gasteiger partial charge < -0.3 is 4.57 Å². The maximum Gasteiger partial charge on any atom is 0.169 e. The van der Waals surface area contributed by atoms with Crippen molar-refractivity contribution >= 4 is 46.0 Å². The Labute approximate surface area is 131 Å². The first-order valence-electron chi connectivity index (χ1n) is 6.12. The zero-order valence-corrected chi connectivity index (χ0v) is 13.1. The van der Waals surface area contributed by atoms with Crippen molar-refractivity contribution in [1.29, 1.82) is 0 Å². The molecule has 20 heavy (non-hydrogen) atoms. The van der Waals surface area contributed by atoms with Gasteiger partial charge in [-0.05, 0) is 36.1 Å². The van der Waals surface area contributed by atoms with E-state index in [9.17, 15) is 0 Å². The van der Waals surface area contributed by atoms with Gasteiger partial charge in [-0.15, -0.1) is 0 Å². The van der Waals surface area contributed by atoms with Gasteiger partial charge in [0.2, 0.25) is 0 Å². The van der Waals surface area contributed by atoms with E-state index >= 15 is 0 Å². The number of para-hydroxylation sites is 2. The maximum absolute atomic E-state index is 6.27. The van der Waals surface area contributed by atoms with Gasteiger partial charge in [0.15, 0.2) is 5.16 Å². The lowest BCUT2D eigenvalue weighted by atomic mass is 10.2. The summed E-state index contributed by atoms with van der Waals surface area (Å²) in [6, 6.07) is 13.7. The molecule has 0 radical (unpaired) electrons. The number of thioether (sulfide) groups is 1. The fraction of sp³-hybridized carbons (Fsp3) is 0.133. The minimum Gasteiger partial charge on any atom is -0.314 e. The zero-order valence-electron chi connectivity index (χ0n) is 10.8. The third-order valence-corrected chi connectivity index (χ3v) is 4.41. The predicted octanol–water partition coefficient (Wildman–Crippen LogP) is 5.11. The van der Waals surface area contributed by atoms with E-state index in [2.05, 4.69) is 15.6 Å². The molecule has 0 spiro atoms. The summed E-state index contributed by atoms with van der Waals surface area (Å²) in [5.74, 6) is 0. The minimum absolute atomic E-state index is 0.652. The van der Waals surface area contributed by atoms with E-state index in [-0.39, 0.29) is 0 Å². The molecule has 0 saturated heterocycles. The first-order valence-corrected chi connectivity index (χ1v) is 8.10. The molecule has 102 valence electrons. The number of rotatable bonds is 3. The molecule has 0 amide bonds. The number of nitrogens with zero attached hydrogens (tertiary/aromatic N) is 2. The highest BCUT2D eigenvalue weighted by Crippen LogP contribution is 2.27. The lowest BCUT2D eigenvalue weighted by Gasteiger charge is -2.09. The van der Waals surface area contributed by atoms with Crippen molar-refractivity contribution in [2.24, 2.45) is 0 Å². The zero-order chi connectivity index (χ0) is 14.1. The fourth-order valence-electron chi connectivity index (χ4n) is 2.18. The normalized spacial score (nSPS) is 11.2. The van der Waals surface area contributed by atoms with E-state index in [1.165, 1.54) is 0 Å². The van der Waals surface area contributed by atoms with Crippen LogP contribution in [-0.2, 0) is 6.54 Å². The Hall–Kier alpha value is -1.16. The summed E-state index contributed by atoms with van der Waals surface area (Å²) in [7, 11) is 0. The average molecular weight is 323 g/mol. The lowest BCUT2D eigenvalue weighted by molar-refractivity contribution is 0.732. The van der Waals surface area contributed by atoms with Crippen molar-refractivity contribution in [2.45, 2.75) is 11.7 Å². The smallest absolute Gasteiger partial charge is 0.169 e. The number of benzene rings is 2. The van der Waals surface area contributed by atoms with Crippen LogP contribution in [0.25, 0.3) is 11.0 Å². The van der Waals surface area contributed by atoms with Gasteiger partial charge in [0, 0.05) is 10.0 Å². The maximum atomic E-state index is 6.27. The van der Waals surface area contributed by atoms with E-state index < -0.39 is 0 Å². The highest BCUT2D eigenvalue weighted by Gasteiger charge is 2.11. The van der Waals surface area contributed by atoms with Crippen LogP contribution in [0, 0.1) is 0 Å². The van der Waals surface area contributed by atoms with Gasteiger partial charge in [-0.25, -0.2) is 4.98 Å². The third-order valence-electron chi connectivity index (χ3n) is 3.15. The standard InChI is InChI=1S/C15H12Cl2N2S/c1-20-15-18-13-4-2-3-5-14(13)19(15)9-10-6-7-11(16)8-12(10)17/h2-8H,9H2,1H3. The van der Waals surface area contributed by atoms with Gasteiger partial charge in [0.25, 0.3) is 0 Å². The number of aromatic nitrogens is 2. The summed E-state index contributed by atoms with van der Waals surface area (Å²) in [5, 5.41) is 2.32. The molecule has 0 aliphatic carbocycles. The monoisotopic (exact) mass is 322 g/mol. The molecular weight excluding hydrogens is 311 g/mol. The molecule has 0 unspecified atom stereocenters. The summed E-state index contributed by atoms with van der Waals surface area (Å²) >= 11 is 13.8. The van der Waals surface area contributed by atoms with Crippen LogP contribution in [0.1, 0.15) is 5.56 Å². The van der Waals surface area contributed by atoms with Crippen molar-refractivity contribution < 1.29 is 0 Å². The molecule has 0 aliphatic heterocycles. The molecule has 0 N–H and O–H groups in total. The van der Waals surface area contributed by atoms with Crippen LogP contribution in [0.15, 0.2) is 47.6 Å². The fourth-order valence-corrected chi connectivity index (χ4v) is 3.22. The van der Waals surface area contributed by atoms with E-state index in [1.807, 2.05) is 36.6 Å². The van der Waals surface area contributed by atoms with Crippen molar-refractivity contribution in [2.75, 3.05) is 6.26 Å². The number of halogens is 2. The first-order chi connectivity index (χ1) is 9.69. The van der Waals surface area contributed by atoms with Crippen molar-refractivity contribution in [3.8, 4) is 0 Å². The number of hydrogen-bond donors (Lipinski definition) is 0. The largest absolute Gasteiger partial charge is 0.314 e. The SMILES string of the molecule is CSc1nc2ccccc2n1Cc1ccc(Cl)cc1Cl. The molecule has 1 aromatic heterocycles. The Morgan fingerprint density at radius 2 is 1.95 bits per heavy atom. The molecule has 1 heterocycles. The summed E-state index contributed by atoms with van der Waals surface area (Å²) in [6.45, 7) is 0.687. The van der Waals surface area contributed by atoms with Crippen molar-refractivity contribution in [3.63, 3.8) is 0 Å². The van der Waals surface area contributed by atoms with E-state index in [1.54, 1.807) is 17.8 Å². The average Bonchev–Trinajstić information content (AvgIpc) is 2.80. The summed E-state index contributed by atoms with van der Waals surface area (Å²) in [4.78, 5) is 4.63. The van der Waals surface area contributed by atoms with Gasteiger partial charge in [-0.3, -0.25) is 0 Å². The Kier molecular flexibility index (Phi) is 3.92. The van der Waals surface area contributed by atoms with Gasteiger partial charge >= 0.3 is 0 Å². The second kappa shape index (κ2) is 5.68. The Balaban J connectivity index is 2.09. The summed E-state index contributed by atoms with van der Waals surface area (Å²) in [6.07, 6.45) is 2.03. The van der Waals surface area contributed by atoms with Crippen molar-refractivity contribution in [1.82, 2.24) is 9.55 Å². The number of imidazole rings is 1. The van der Waals surface area contributed by atoms with Crippen molar-refractivity contribution in [3.05, 3.63) is 58.1 Å². The quantitative estimate of drug-likeness (QED) is 0.623. The Morgan fingerprint density at radius 3 is 2.70 bits per heavy atom. The number of fused-ring (bicyclic) bond motifs is 1. The van der Waals surface area contributed by atoms with Crippen LogP contribution in [0.5, 0.6) is 0 Å². The summed E-state index contributed by atoms with van der Waals surface area (Å²) in [5.41, 5.74) is 3.15. The van der Waals surface area contributed by atoms with Gasteiger partial charge in [-0.2, -0.15) is 0 Å². The molecule has 3 rings (SSSR count). The van der Waals surface area contributed by atoms with Crippen LogP contribution >= 0.6 is 35.0 Å². The minimum atomic E-state index is 0.652. The second-order valence-corrected chi connectivity index (χ2v) is 6.03. The van der Waals surface area contributed by atoms with Gasteiger partial charge in [-0.1, -0.05) is 53.2 Å². The molecule has 0 saturated carbocycles. The summed E-state index contributed by atoms with van der Waals surface area (Å²) < 4.78 is 2.18. The second-order valence-electron chi connectivity index (χ2n) is 4.41. The molecule has 2 aromatic carbocycles. The Bertz CT molecular complexity index is 768. The molecule has 5 heteroatoms. The number of hydrogen-bond acceptors (Lipinski definition) is 2. The molecule has 0 atom stereocenters. The Morgan fingerprint density at radius 1 is 1.15 bits per heavy atom. The van der Waals surface area contributed by atoms with Crippen LogP contribution in [0.4, 0.5) is 0 Å². The van der Waals surface area contributed by atoms with E-state index in [0.717, 1.165) is 21.8 Å². The molecule has 0 aliphatic rings. The van der Waals surface area contributed by atoms with Gasteiger partial charge in [0.05, 0.1) is 17.6 Å². The topological polar surface area (TPSA) is 17.8 Å². The molecule has 0 fully saturated rings. The lowest BCUT2D eigenvalue weighted by Crippen LogP contribution is -2.01.